The summed E-state index contributed by atoms with van der Waals surface area (Å²) in [7, 11) is 0. The van der Waals surface area contributed by atoms with Gasteiger partial charge in [0.05, 0.1) is 25.3 Å². The van der Waals surface area contributed by atoms with Gasteiger partial charge in [-0.15, -0.1) is 0 Å². The van der Waals surface area contributed by atoms with Gasteiger partial charge in [-0.1, -0.05) is 18.2 Å². The zero-order valence-electron chi connectivity index (χ0n) is 18.3. The fraction of sp³-hybridized carbons (Fsp3) is 0.500. The fourth-order valence-corrected chi connectivity index (χ4v) is 4.66. The Bertz CT molecular complexity index is 898. The Morgan fingerprint density at radius 3 is 2.65 bits per heavy atom. The van der Waals surface area contributed by atoms with E-state index in [9.17, 15) is 9.59 Å². The number of benzene rings is 1. The van der Waals surface area contributed by atoms with E-state index in [0.717, 1.165) is 30.0 Å². The van der Waals surface area contributed by atoms with Crippen molar-refractivity contribution in [3.8, 4) is 0 Å². The molecular weight excluding hydrogens is 394 g/mol. The van der Waals surface area contributed by atoms with E-state index in [0.29, 0.717) is 39.3 Å². The first-order chi connectivity index (χ1) is 15.0. The number of hydrogen-bond donors (Lipinski definition) is 0. The molecule has 2 atom stereocenters. The molecule has 0 spiro atoms. The van der Waals surface area contributed by atoms with Gasteiger partial charge in [0.2, 0.25) is 0 Å². The summed E-state index contributed by atoms with van der Waals surface area (Å²) in [5, 5.41) is 0. The number of fused-ring (bicyclic) bond motifs is 1. The third-order valence-corrected chi connectivity index (χ3v) is 6.25. The minimum absolute atomic E-state index is 0.0847. The molecule has 1 aromatic carbocycles. The molecular formula is C24H31N3O4. The lowest BCUT2D eigenvalue weighted by Crippen LogP contribution is -2.57. The molecule has 0 saturated carbocycles. The van der Waals surface area contributed by atoms with Gasteiger partial charge in [0.1, 0.15) is 5.76 Å². The van der Waals surface area contributed by atoms with E-state index in [1.165, 1.54) is 0 Å². The predicted octanol–water partition coefficient (Wildman–Crippen LogP) is 2.41. The number of esters is 1. The summed E-state index contributed by atoms with van der Waals surface area (Å²) in [6.45, 7) is 8.96. The van der Waals surface area contributed by atoms with E-state index in [1.54, 1.807) is 6.26 Å². The molecule has 2 aliphatic rings. The molecule has 0 aliphatic carbocycles. The number of hydrogen-bond acceptors (Lipinski definition) is 6. The van der Waals surface area contributed by atoms with Gasteiger partial charge in [-0.3, -0.25) is 19.4 Å². The summed E-state index contributed by atoms with van der Waals surface area (Å²) in [5.74, 6) is 0.603. The van der Waals surface area contributed by atoms with Crippen LogP contribution >= 0.6 is 0 Å². The topological polar surface area (TPSA) is 66.2 Å². The van der Waals surface area contributed by atoms with Crippen molar-refractivity contribution in [2.24, 2.45) is 5.92 Å². The highest BCUT2D eigenvalue weighted by Gasteiger charge is 2.38. The molecule has 7 nitrogen and oxygen atoms in total. The molecule has 1 amide bonds. The second-order valence-electron chi connectivity index (χ2n) is 8.44. The van der Waals surface area contributed by atoms with Crippen LogP contribution in [-0.2, 0) is 16.1 Å². The quantitative estimate of drug-likeness (QED) is 0.686. The maximum atomic E-state index is 13.2. The van der Waals surface area contributed by atoms with Crippen LogP contribution in [0.3, 0.4) is 0 Å². The van der Waals surface area contributed by atoms with Gasteiger partial charge in [0.25, 0.3) is 5.91 Å². The fourth-order valence-electron chi connectivity index (χ4n) is 4.66. The number of furan rings is 1. The molecule has 0 unspecified atom stereocenters. The maximum Gasteiger partial charge on any atom is 0.311 e. The molecule has 2 fully saturated rings. The van der Waals surface area contributed by atoms with Gasteiger partial charge in [-0.05, 0) is 37.6 Å². The standard InChI is InChI=1S/C24H31N3O4/c1-3-30-24(29)19-13-25(17-21-8-6-12-31-21)15-20-16-27(11-10-26(20)14-19)23(28)22-9-5-4-7-18(22)2/h4-9,12,19-20H,3,10-11,13-17H2,1-2H3/t19-,20-/m1/s1. The number of nitrogens with zero attached hydrogens (tertiary/aromatic N) is 3. The molecule has 1 aromatic heterocycles. The normalized spacial score (nSPS) is 22.6. The second-order valence-corrected chi connectivity index (χ2v) is 8.44. The van der Waals surface area contributed by atoms with Crippen LogP contribution in [0.25, 0.3) is 0 Å². The molecule has 166 valence electrons. The Labute approximate surface area is 183 Å². The largest absolute Gasteiger partial charge is 0.468 e. The summed E-state index contributed by atoms with van der Waals surface area (Å²) in [5.41, 5.74) is 1.76. The van der Waals surface area contributed by atoms with Crippen molar-refractivity contribution in [2.45, 2.75) is 26.4 Å². The van der Waals surface area contributed by atoms with Crippen LogP contribution in [0.15, 0.2) is 47.1 Å². The highest BCUT2D eigenvalue weighted by molar-refractivity contribution is 5.95. The number of amides is 1. The van der Waals surface area contributed by atoms with Crippen LogP contribution in [-0.4, -0.2) is 78.5 Å². The van der Waals surface area contributed by atoms with Gasteiger partial charge in [-0.25, -0.2) is 0 Å². The SMILES string of the molecule is CCOC(=O)[C@@H]1CN(Cc2ccco2)C[C@@H]2CN(C(=O)c3ccccc3C)CCN2C1. The number of piperazine rings is 1. The van der Waals surface area contributed by atoms with Crippen LogP contribution in [0, 0.1) is 12.8 Å². The Balaban J connectivity index is 1.51. The van der Waals surface area contributed by atoms with Gasteiger partial charge in [0, 0.05) is 50.9 Å². The van der Waals surface area contributed by atoms with E-state index in [2.05, 4.69) is 9.80 Å². The Morgan fingerprint density at radius 1 is 1.06 bits per heavy atom. The zero-order valence-corrected chi connectivity index (χ0v) is 18.3. The lowest BCUT2D eigenvalue weighted by Gasteiger charge is -2.41. The lowest BCUT2D eigenvalue weighted by molar-refractivity contribution is -0.149. The number of carbonyl (C=O) groups excluding carboxylic acids is 2. The summed E-state index contributed by atoms with van der Waals surface area (Å²) in [6, 6.07) is 11.7. The number of ether oxygens (including phenoxy) is 1. The minimum Gasteiger partial charge on any atom is -0.468 e. The van der Waals surface area contributed by atoms with E-state index in [4.69, 9.17) is 9.15 Å². The van der Waals surface area contributed by atoms with E-state index < -0.39 is 0 Å². The summed E-state index contributed by atoms with van der Waals surface area (Å²) >= 11 is 0. The minimum atomic E-state index is -0.210. The van der Waals surface area contributed by atoms with E-state index in [-0.39, 0.29) is 23.8 Å². The Morgan fingerprint density at radius 2 is 1.90 bits per heavy atom. The highest BCUT2D eigenvalue weighted by atomic mass is 16.5. The first-order valence-corrected chi connectivity index (χ1v) is 11.1. The van der Waals surface area contributed by atoms with Crippen LogP contribution in [0.4, 0.5) is 0 Å². The molecule has 0 radical (unpaired) electrons. The van der Waals surface area contributed by atoms with Crippen LogP contribution in [0.5, 0.6) is 0 Å². The Hall–Kier alpha value is -2.64. The predicted molar refractivity (Wildman–Crippen MR) is 117 cm³/mol. The van der Waals surface area contributed by atoms with Crippen LogP contribution in [0.1, 0.15) is 28.6 Å². The molecule has 0 N–H and O–H groups in total. The van der Waals surface area contributed by atoms with Gasteiger partial charge >= 0.3 is 5.97 Å². The van der Waals surface area contributed by atoms with Crippen molar-refractivity contribution in [1.82, 2.24) is 14.7 Å². The highest BCUT2D eigenvalue weighted by Crippen LogP contribution is 2.23. The van der Waals surface area contributed by atoms with Gasteiger partial charge < -0.3 is 14.1 Å². The average Bonchev–Trinajstić information content (AvgIpc) is 3.20. The first-order valence-electron chi connectivity index (χ1n) is 11.1. The molecule has 2 saturated heterocycles. The van der Waals surface area contributed by atoms with E-state index >= 15 is 0 Å². The lowest BCUT2D eigenvalue weighted by atomic mass is 10.1. The smallest absolute Gasteiger partial charge is 0.311 e. The average molecular weight is 426 g/mol. The van der Waals surface area contributed by atoms with Crippen molar-refractivity contribution >= 4 is 11.9 Å². The molecule has 2 aliphatic heterocycles. The second kappa shape index (κ2) is 9.66. The van der Waals surface area contributed by atoms with Crippen LogP contribution < -0.4 is 0 Å². The molecule has 4 rings (SSSR count). The van der Waals surface area contributed by atoms with Crippen LogP contribution in [0.2, 0.25) is 0 Å². The summed E-state index contributed by atoms with van der Waals surface area (Å²) in [4.78, 5) is 32.4. The molecule has 0 bridgehead atoms. The third-order valence-electron chi connectivity index (χ3n) is 6.25. The molecule has 3 heterocycles. The summed E-state index contributed by atoms with van der Waals surface area (Å²) in [6.07, 6.45) is 1.67. The van der Waals surface area contributed by atoms with Gasteiger partial charge in [0.15, 0.2) is 0 Å². The number of rotatable bonds is 5. The van der Waals surface area contributed by atoms with Crippen molar-refractivity contribution in [3.63, 3.8) is 0 Å². The van der Waals surface area contributed by atoms with Crippen molar-refractivity contribution in [3.05, 3.63) is 59.5 Å². The monoisotopic (exact) mass is 425 g/mol. The first kappa shape index (κ1) is 21.6. The van der Waals surface area contributed by atoms with Crippen molar-refractivity contribution in [2.75, 3.05) is 45.9 Å². The third kappa shape index (κ3) is 4.99. The molecule has 2 aromatic rings. The Kier molecular flexibility index (Phi) is 6.73. The zero-order chi connectivity index (χ0) is 21.8. The maximum absolute atomic E-state index is 13.2. The van der Waals surface area contributed by atoms with Gasteiger partial charge in [-0.2, -0.15) is 0 Å². The van der Waals surface area contributed by atoms with Crippen molar-refractivity contribution in [1.29, 1.82) is 0 Å². The molecule has 7 heteroatoms. The number of aryl methyl sites for hydroxylation is 1. The summed E-state index contributed by atoms with van der Waals surface area (Å²) < 4.78 is 10.9. The molecule has 31 heavy (non-hydrogen) atoms. The van der Waals surface area contributed by atoms with E-state index in [1.807, 2.05) is 55.1 Å². The van der Waals surface area contributed by atoms with Crippen molar-refractivity contribution < 1.29 is 18.7 Å². The number of carbonyl (C=O) groups is 2.